The molecule has 1 heterocycles. The Kier molecular flexibility index (Phi) is 3.80. The van der Waals surface area contributed by atoms with Crippen LogP contribution in [0.5, 0.6) is 0 Å². The molecule has 1 N–H and O–H groups in total. The van der Waals surface area contributed by atoms with Gasteiger partial charge in [0.15, 0.2) is 0 Å². The molecular formula is C15H16N2O2. The zero-order valence-corrected chi connectivity index (χ0v) is 11.0. The largest absolute Gasteiger partial charge is 0.478 e. The van der Waals surface area contributed by atoms with E-state index in [1.807, 2.05) is 7.05 Å². The number of benzene rings is 1. The highest BCUT2D eigenvalue weighted by molar-refractivity contribution is 5.87. The van der Waals surface area contributed by atoms with Crippen molar-refractivity contribution < 1.29 is 9.90 Å². The number of carbonyl (C=O) groups is 1. The fraction of sp³-hybridized carbons (Fsp3) is 0.200. The number of hydrogen-bond acceptors (Lipinski definition) is 3. The molecule has 0 amide bonds. The minimum absolute atomic E-state index is 0.210. The highest BCUT2D eigenvalue weighted by Crippen LogP contribution is 2.15. The van der Waals surface area contributed by atoms with Crippen molar-refractivity contribution >= 4 is 11.7 Å². The van der Waals surface area contributed by atoms with Crippen molar-refractivity contribution in [2.45, 2.75) is 13.5 Å². The molecule has 0 fully saturated rings. The first-order valence-electron chi connectivity index (χ1n) is 6.02. The molecule has 4 nitrogen and oxygen atoms in total. The fourth-order valence-electron chi connectivity index (χ4n) is 1.78. The number of aromatic carboxylic acids is 1. The van der Waals surface area contributed by atoms with E-state index in [1.165, 1.54) is 11.8 Å². The molecular weight excluding hydrogens is 240 g/mol. The Balaban J connectivity index is 2.08. The molecule has 0 radical (unpaired) electrons. The molecule has 0 aliphatic rings. The van der Waals surface area contributed by atoms with E-state index in [1.54, 1.807) is 12.1 Å². The predicted molar refractivity (Wildman–Crippen MR) is 74.5 cm³/mol. The molecule has 1 aromatic carbocycles. The number of carboxylic acids is 1. The number of carboxylic acid groups (broad SMARTS) is 1. The molecule has 0 saturated carbocycles. The van der Waals surface area contributed by atoms with Crippen molar-refractivity contribution in [1.82, 2.24) is 4.98 Å². The summed E-state index contributed by atoms with van der Waals surface area (Å²) in [5.74, 6) is -0.953. The molecule has 2 aromatic rings. The van der Waals surface area contributed by atoms with E-state index in [0.717, 1.165) is 11.4 Å². The molecule has 19 heavy (non-hydrogen) atoms. The summed E-state index contributed by atoms with van der Waals surface area (Å²) in [6.45, 7) is 2.69. The van der Waals surface area contributed by atoms with Gasteiger partial charge in [-0.1, -0.05) is 17.7 Å². The van der Waals surface area contributed by atoms with Crippen LogP contribution in [0.2, 0.25) is 0 Å². The maximum atomic E-state index is 10.7. The summed E-state index contributed by atoms with van der Waals surface area (Å²) in [5.41, 5.74) is 3.38. The van der Waals surface area contributed by atoms with E-state index < -0.39 is 5.97 Å². The van der Waals surface area contributed by atoms with E-state index in [0.29, 0.717) is 6.54 Å². The van der Waals surface area contributed by atoms with Crippen LogP contribution in [0.15, 0.2) is 42.6 Å². The number of rotatable bonds is 4. The molecule has 0 atom stereocenters. The number of anilines is 1. The van der Waals surface area contributed by atoms with Crippen LogP contribution in [0.3, 0.4) is 0 Å². The van der Waals surface area contributed by atoms with Crippen LogP contribution in [0, 0.1) is 6.92 Å². The van der Waals surface area contributed by atoms with Gasteiger partial charge in [0.2, 0.25) is 0 Å². The topological polar surface area (TPSA) is 53.4 Å². The fourth-order valence-corrected chi connectivity index (χ4v) is 1.78. The Labute approximate surface area is 112 Å². The molecule has 0 spiro atoms. The van der Waals surface area contributed by atoms with Gasteiger partial charge in [0.25, 0.3) is 0 Å². The second-order valence-corrected chi connectivity index (χ2v) is 4.53. The van der Waals surface area contributed by atoms with Gasteiger partial charge in [-0.05, 0) is 31.2 Å². The van der Waals surface area contributed by atoms with Gasteiger partial charge in [0.1, 0.15) is 0 Å². The maximum Gasteiger partial charge on any atom is 0.337 e. The van der Waals surface area contributed by atoms with Gasteiger partial charge in [-0.3, -0.25) is 4.98 Å². The summed E-state index contributed by atoms with van der Waals surface area (Å²) < 4.78 is 0. The average molecular weight is 256 g/mol. The Morgan fingerprint density at radius 1 is 1.21 bits per heavy atom. The molecule has 0 bridgehead atoms. The van der Waals surface area contributed by atoms with Crippen molar-refractivity contribution in [3.63, 3.8) is 0 Å². The highest BCUT2D eigenvalue weighted by Gasteiger charge is 2.05. The molecule has 0 saturated heterocycles. The molecule has 98 valence electrons. The first-order valence-corrected chi connectivity index (χ1v) is 6.02. The lowest BCUT2D eigenvalue weighted by Gasteiger charge is -2.19. The zero-order chi connectivity index (χ0) is 13.8. The predicted octanol–water partition coefficient (Wildman–Crippen LogP) is 2.72. The Morgan fingerprint density at radius 2 is 1.89 bits per heavy atom. The van der Waals surface area contributed by atoms with Crippen LogP contribution >= 0.6 is 0 Å². The minimum Gasteiger partial charge on any atom is -0.478 e. The SMILES string of the molecule is Cc1ccc(N(C)Cc2ccc(C(=O)O)cn2)cc1. The molecule has 0 aliphatic carbocycles. The summed E-state index contributed by atoms with van der Waals surface area (Å²) in [6.07, 6.45) is 1.39. The quantitative estimate of drug-likeness (QED) is 0.913. The van der Waals surface area contributed by atoms with Crippen molar-refractivity contribution in [3.05, 3.63) is 59.4 Å². The Hall–Kier alpha value is -2.36. The highest BCUT2D eigenvalue weighted by atomic mass is 16.4. The van der Waals surface area contributed by atoms with Crippen LogP contribution < -0.4 is 4.90 Å². The number of aryl methyl sites for hydroxylation is 1. The average Bonchev–Trinajstić information content (AvgIpc) is 2.40. The Morgan fingerprint density at radius 3 is 2.42 bits per heavy atom. The zero-order valence-electron chi connectivity index (χ0n) is 11.0. The second-order valence-electron chi connectivity index (χ2n) is 4.53. The molecule has 0 aliphatic heterocycles. The number of hydrogen-bond donors (Lipinski definition) is 1. The van der Waals surface area contributed by atoms with Crippen LogP contribution in [0.25, 0.3) is 0 Å². The van der Waals surface area contributed by atoms with Gasteiger partial charge in [-0.15, -0.1) is 0 Å². The summed E-state index contributed by atoms with van der Waals surface area (Å²) in [7, 11) is 1.98. The van der Waals surface area contributed by atoms with Gasteiger partial charge < -0.3 is 10.0 Å². The summed E-state index contributed by atoms with van der Waals surface area (Å²) in [5, 5.41) is 8.81. The molecule has 1 aromatic heterocycles. The van der Waals surface area contributed by atoms with Crippen molar-refractivity contribution in [2.75, 3.05) is 11.9 Å². The monoisotopic (exact) mass is 256 g/mol. The minimum atomic E-state index is -0.953. The summed E-state index contributed by atoms with van der Waals surface area (Å²) >= 11 is 0. The van der Waals surface area contributed by atoms with E-state index in [-0.39, 0.29) is 5.56 Å². The van der Waals surface area contributed by atoms with Crippen LogP contribution in [0.4, 0.5) is 5.69 Å². The van der Waals surface area contributed by atoms with E-state index in [9.17, 15) is 4.79 Å². The van der Waals surface area contributed by atoms with Gasteiger partial charge in [0.05, 0.1) is 17.8 Å². The van der Waals surface area contributed by atoms with Crippen LogP contribution in [-0.2, 0) is 6.54 Å². The maximum absolute atomic E-state index is 10.7. The van der Waals surface area contributed by atoms with Crippen molar-refractivity contribution in [3.8, 4) is 0 Å². The number of pyridine rings is 1. The molecule has 2 rings (SSSR count). The van der Waals surface area contributed by atoms with Gasteiger partial charge in [-0.25, -0.2) is 4.79 Å². The normalized spacial score (nSPS) is 10.2. The Bertz CT molecular complexity index is 562. The van der Waals surface area contributed by atoms with Gasteiger partial charge >= 0.3 is 5.97 Å². The van der Waals surface area contributed by atoms with Crippen molar-refractivity contribution in [1.29, 1.82) is 0 Å². The lowest BCUT2D eigenvalue weighted by atomic mass is 10.2. The molecule has 0 unspecified atom stereocenters. The third-order valence-electron chi connectivity index (χ3n) is 2.95. The second kappa shape index (κ2) is 5.52. The third-order valence-corrected chi connectivity index (χ3v) is 2.95. The smallest absolute Gasteiger partial charge is 0.337 e. The van der Waals surface area contributed by atoms with Crippen molar-refractivity contribution in [2.24, 2.45) is 0 Å². The molecule has 4 heteroatoms. The van der Waals surface area contributed by atoms with E-state index in [4.69, 9.17) is 5.11 Å². The summed E-state index contributed by atoms with van der Waals surface area (Å²) in [6, 6.07) is 11.6. The third kappa shape index (κ3) is 3.31. The first kappa shape index (κ1) is 13.1. The van der Waals surface area contributed by atoms with Gasteiger partial charge in [-0.2, -0.15) is 0 Å². The first-order chi connectivity index (χ1) is 9.06. The van der Waals surface area contributed by atoms with Crippen LogP contribution in [-0.4, -0.2) is 23.1 Å². The van der Waals surface area contributed by atoms with Gasteiger partial charge in [0, 0.05) is 18.9 Å². The van der Waals surface area contributed by atoms with E-state index in [2.05, 4.69) is 41.1 Å². The number of nitrogens with zero attached hydrogens (tertiary/aromatic N) is 2. The van der Waals surface area contributed by atoms with Crippen LogP contribution in [0.1, 0.15) is 21.6 Å². The number of aromatic nitrogens is 1. The standard InChI is InChI=1S/C15H16N2O2/c1-11-3-7-14(8-4-11)17(2)10-13-6-5-12(9-16-13)15(18)19/h3-9H,10H2,1-2H3,(H,18,19). The lowest BCUT2D eigenvalue weighted by Crippen LogP contribution is -2.17. The van der Waals surface area contributed by atoms with E-state index >= 15 is 0 Å². The summed E-state index contributed by atoms with van der Waals surface area (Å²) in [4.78, 5) is 17.0. The lowest BCUT2D eigenvalue weighted by molar-refractivity contribution is 0.0696.